The fraction of sp³-hybridized carbons (Fsp3) is 0.742. The van der Waals surface area contributed by atoms with E-state index in [0.29, 0.717) is 49.3 Å². The number of nitrogens with one attached hydrogen (secondary N) is 1. The van der Waals surface area contributed by atoms with Gasteiger partial charge in [0.05, 0.1) is 13.7 Å². The quantitative estimate of drug-likeness (QED) is 0.350. The molecule has 39 heavy (non-hydrogen) atoms. The van der Waals surface area contributed by atoms with Gasteiger partial charge in [-0.1, -0.05) is 19.3 Å². The lowest BCUT2D eigenvalue weighted by atomic mass is 9.91. The molecule has 1 N–H and O–H groups in total. The topological polar surface area (TPSA) is 80.3 Å². The van der Waals surface area contributed by atoms with Crippen LogP contribution in [0.3, 0.4) is 0 Å². The predicted octanol–water partition coefficient (Wildman–Crippen LogP) is 5.04. The van der Waals surface area contributed by atoms with Crippen molar-refractivity contribution in [2.24, 2.45) is 0 Å². The monoisotopic (exact) mass is 545 g/mol. The van der Waals surface area contributed by atoms with Crippen LogP contribution in [-0.2, 0) is 9.53 Å². The third kappa shape index (κ3) is 8.58. The fourth-order valence-corrected chi connectivity index (χ4v) is 6.18. The fourth-order valence-electron chi connectivity index (χ4n) is 6.18. The minimum Gasteiger partial charge on any atom is -0.493 e. The van der Waals surface area contributed by atoms with Crippen molar-refractivity contribution in [1.82, 2.24) is 15.1 Å². The molecule has 2 fully saturated rings. The van der Waals surface area contributed by atoms with E-state index in [1.54, 1.807) is 26.4 Å². The van der Waals surface area contributed by atoms with Crippen LogP contribution in [0.25, 0.3) is 0 Å². The SMILES string of the molecule is COCCCOc1cc(C(=O)N(C(C)C)[C@@H]2CC[C@H](CC(=O)N(C(C)C)C3CCCCC3)NC2)ccc1OC. The summed E-state index contributed by atoms with van der Waals surface area (Å²) < 4.78 is 16.5. The minimum atomic E-state index is -0.0148. The Morgan fingerprint density at radius 3 is 2.21 bits per heavy atom. The summed E-state index contributed by atoms with van der Waals surface area (Å²) in [6.07, 6.45) is 9.01. The number of ether oxygens (including phenoxy) is 3. The van der Waals surface area contributed by atoms with Crippen molar-refractivity contribution >= 4 is 11.8 Å². The second-order valence-electron chi connectivity index (χ2n) is 11.6. The molecule has 3 rings (SSSR count). The number of methoxy groups -OCH3 is 2. The highest BCUT2D eigenvalue weighted by Gasteiger charge is 2.34. The first-order valence-electron chi connectivity index (χ1n) is 14.9. The normalized spacial score (nSPS) is 20.2. The lowest BCUT2D eigenvalue weighted by molar-refractivity contribution is -0.137. The molecule has 2 aliphatic rings. The van der Waals surface area contributed by atoms with Crippen LogP contribution < -0.4 is 14.8 Å². The van der Waals surface area contributed by atoms with Crippen molar-refractivity contribution in [3.05, 3.63) is 23.8 Å². The molecule has 1 aliphatic heterocycles. The molecule has 0 bridgehead atoms. The number of hydrogen-bond acceptors (Lipinski definition) is 6. The van der Waals surface area contributed by atoms with Crippen molar-refractivity contribution in [2.75, 3.05) is 34.0 Å². The summed E-state index contributed by atoms with van der Waals surface area (Å²) in [4.78, 5) is 31.2. The molecule has 2 atom stereocenters. The number of hydrogen-bond donors (Lipinski definition) is 1. The van der Waals surface area contributed by atoms with E-state index in [1.807, 2.05) is 11.0 Å². The molecule has 0 spiro atoms. The van der Waals surface area contributed by atoms with Gasteiger partial charge in [0.15, 0.2) is 11.5 Å². The zero-order valence-corrected chi connectivity index (χ0v) is 25.0. The van der Waals surface area contributed by atoms with Crippen molar-refractivity contribution in [3.8, 4) is 11.5 Å². The first-order valence-corrected chi connectivity index (χ1v) is 14.9. The highest BCUT2D eigenvalue weighted by atomic mass is 16.5. The lowest BCUT2D eigenvalue weighted by Crippen LogP contribution is -2.55. The van der Waals surface area contributed by atoms with E-state index in [9.17, 15) is 9.59 Å². The van der Waals surface area contributed by atoms with Crippen LogP contribution in [0.15, 0.2) is 18.2 Å². The Labute approximate surface area is 235 Å². The summed E-state index contributed by atoms with van der Waals surface area (Å²) in [5.74, 6) is 1.42. The molecule has 1 saturated heterocycles. The van der Waals surface area contributed by atoms with Crippen LogP contribution in [0.1, 0.15) is 95.8 Å². The Morgan fingerprint density at radius 2 is 1.62 bits per heavy atom. The van der Waals surface area contributed by atoms with Gasteiger partial charge in [0.1, 0.15) is 0 Å². The highest BCUT2D eigenvalue weighted by Crippen LogP contribution is 2.30. The number of piperidine rings is 1. The van der Waals surface area contributed by atoms with Crippen LogP contribution in [-0.4, -0.2) is 85.8 Å². The van der Waals surface area contributed by atoms with Crippen LogP contribution in [0.5, 0.6) is 11.5 Å². The summed E-state index contributed by atoms with van der Waals surface area (Å²) in [5, 5.41) is 3.61. The third-order valence-electron chi connectivity index (χ3n) is 8.07. The van der Waals surface area contributed by atoms with Crippen molar-refractivity contribution in [3.63, 3.8) is 0 Å². The maximum Gasteiger partial charge on any atom is 0.254 e. The van der Waals surface area contributed by atoms with E-state index in [4.69, 9.17) is 14.2 Å². The van der Waals surface area contributed by atoms with E-state index in [1.165, 1.54) is 19.3 Å². The van der Waals surface area contributed by atoms with E-state index < -0.39 is 0 Å². The van der Waals surface area contributed by atoms with Crippen LogP contribution in [0, 0.1) is 0 Å². The molecule has 2 amide bonds. The summed E-state index contributed by atoms with van der Waals surface area (Å²) in [5.41, 5.74) is 0.587. The maximum atomic E-state index is 13.7. The van der Waals surface area contributed by atoms with Gasteiger partial charge in [-0.3, -0.25) is 9.59 Å². The standard InChI is InChI=1S/C31H51N3O5/c1-22(2)33(26-11-8-7-9-12-26)30(35)20-25-14-15-27(21-32-25)34(23(3)4)31(36)24-13-16-28(38-6)29(19-24)39-18-10-17-37-5/h13,16,19,22-23,25-27,32H,7-12,14-15,17-18,20-21H2,1-6H3/t25-,27-/m1/s1. The number of benzene rings is 1. The Bertz CT molecular complexity index is 907. The molecule has 0 radical (unpaired) electrons. The average molecular weight is 546 g/mol. The number of nitrogens with zero attached hydrogens (tertiary/aromatic N) is 2. The summed E-state index contributed by atoms with van der Waals surface area (Å²) in [6.45, 7) is 10.2. The Kier molecular flexibility index (Phi) is 12.4. The van der Waals surface area contributed by atoms with E-state index in [2.05, 4.69) is 37.9 Å². The number of carbonyl (C=O) groups excluding carboxylic acids is 2. The number of rotatable bonds is 13. The third-order valence-corrected chi connectivity index (χ3v) is 8.07. The second-order valence-corrected chi connectivity index (χ2v) is 11.6. The molecular formula is C31H51N3O5. The lowest BCUT2D eigenvalue weighted by Gasteiger charge is -2.41. The van der Waals surface area contributed by atoms with Gasteiger partial charge in [-0.25, -0.2) is 0 Å². The Balaban J connectivity index is 1.62. The summed E-state index contributed by atoms with van der Waals surface area (Å²) in [6, 6.07) is 6.25. The number of carbonyl (C=O) groups is 2. The van der Waals surface area contributed by atoms with Gasteiger partial charge in [0.2, 0.25) is 5.91 Å². The van der Waals surface area contributed by atoms with Crippen molar-refractivity contribution < 1.29 is 23.8 Å². The Morgan fingerprint density at radius 1 is 0.897 bits per heavy atom. The molecular weight excluding hydrogens is 494 g/mol. The molecule has 8 nitrogen and oxygen atoms in total. The van der Waals surface area contributed by atoms with Crippen LogP contribution in [0.2, 0.25) is 0 Å². The second kappa shape index (κ2) is 15.5. The molecule has 1 aliphatic carbocycles. The van der Waals surface area contributed by atoms with Crippen LogP contribution >= 0.6 is 0 Å². The van der Waals surface area contributed by atoms with Gasteiger partial charge in [-0.15, -0.1) is 0 Å². The summed E-state index contributed by atoms with van der Waals surface area (Å²) in [7, 11) is 3.27. The first kappa shape index (κ1) is 31.2. The van der Waals surface area contributed by atoms with Crippen LogP contribution in [0.4, 0.5) is 0 Å². The molecule has 0 unspecified atom stereocenters. The molecule has 0 aromatic heterocycles. The minimum absolute atomic E-state index is 0.0148. The van der Waals surface area contributed by atoms with Gasteiger partial charge in [-0.05, 0) is 71.6 Å². The van der Waals surface area contributed by atoms with Gasteiger partial charge in [0.25, 0.3) is 5.91 Å². The molecule has 1 saturated carbocycles. The van der Waals surface area contributed by atoms with Crippen molar-refractivity contribution in [1.29, 1.82) is 0 Å². The highest BCUT2D eigenvalue weighted by molar-refractivity contribution is 5.95. The summed E-state index contributed by atoms with van der Waals surface area (Å²) >= 11 is 0. The number of amides is 2. The Hall–Kier alpha value is -2.32. The smallest absolute Gasteiger partial charge is 0.254 e. The van der Waals surface area contributed by atoms with Gasteiger partial charge in [0, 0.05) is 68.9 Å². The average Bonchev–Trinajstić information content (AvgIpc) is 2.92. The van der Waals surface area contributed by atoms with Gasteiger partial charge < -0.3 is 29.3 Å². The van der Waals surface area contributed by atoms with E-state index in [-0.39, 0.29) is 36.0 Å². The van der Waals surface area contributed by atoms with Gasteiger partial charge >= 0.3 is 0 Å². The molecule has 1 aromatic rings. The zero-order chi connectivity index (χ0) is 28.4. The van der Waals surface area contributed by atoms with Gasteiger partial charge in [-0.2, -0.15) is 0 Å². The zero-order valence-electron chi connectivity index (χ0n) is 25.0. The van der Waals surface area contributed by atoms with E-state index >= 15 is 0 Å². The predicted molar refractivity (Wildman–Crippen MR) is 155 cm³/mol. The molecule has 1 aromatic carbocycles. The molecule has 1 heterocycles. The first-order chi connectivity index (χ1) is 18.8. The van der Waals surface area contributed by atoms with E-state index in [0.717, 1.165) is 32.1 Å². The molecule has 8 heteroatoms. The molecule has 220 valence electrons. The van der Waals surface area contributed by atoms with Crippen molar-refractivity contribution in [2.45, 2.75) is 116 Å². The maximum absolute atomic E-state index is 13.7. The largest absolute Gasteiger partial charge is 0.493 e.